The molecule has 0 N–H and O–H groups in total. The predicted octanol–water partition coefficient (Wildman–Crippen LogP) is 5.48. The number of amides is 2. The molecule has 0 spiro atoms. The Bertz CT molecular complexity index is 860. The highest BCUT2D eigenvalue weighted by Gasteiger charge is 2.37. The molecule has 1 heterocycles. The lowest BCUT2D eigenvalue weighted by atomic mass is 10.0. The Morgan fingerprint density at radius 3 is 2.19 bits per heavy atom. The molecule has 7 heteroatoms. The maximum atomic E-state index is 12.9. The third-order valence-corrected chi connectivity index (χ3v) is 5.10. The van der Waals surface area contributed by atoms with Gasteiger partial charge in [-0.2, -0.15) is 13.2 Å². The van der Waals surface area contributed by atoms with Crippen molar-refractivity contribution in [1.29, 1.82) is 0 Å². The van der Waals surface area contributed by atoms with Crippen LogP contribution >= 0.6 is 15.9 Å². The molecule has 0 fully saturated rings. The van der Waals surface area contributed by atoms with E-state index >= 15 is 0 Å². The van der Waals surface area contributed by atoms with E-state index in [9.17, 15) is 22.8 Å². The van der Waals surface area contributed by atoms with Gasteiger partial charge < -0.3 is 0 Å². The Kier molecular flexibility index (Phi) is 5.42. The average Bonchev–Trinajstić information content (AvgIpc) is 2.85. The summed E-state index contributed by atoms with van der Waals surface area (Å²) in [6.45, 7) is 1.78. The van der Waals surface area contributed by atoms with Gasteiger partial charge in [0, 0.05) is 10.5 Å². The third-order valence-electron chi connectivity index (χ3n) is 4.64. The monoisotopic (exact) mass is 439 g/mol. The molecule has 3 rings (SSSR count). The van der Waals surface area contributed by atoms with Gasteiger partial charge in [-0.3, -0.25) is 14.5 Å². The van der Waals surface area contributed by atoms with Gasteiger partial charge in [-0.1, -0.05) is 28.1 Å². The summed E-state index contributed by atoms with van der Waals surface area (Å²) in [6.07, 6.45) is -2.90. The zero-order valence-electron chi connectivity index (χ0n) is 14.5. The fourth-order valence-corrected chi connectivity index (χ4v) is 3.84. The van der Waals surface area contributed by atoms with Crippen LogP contribution in [0, 0.1) is 0 Å². The molecule has 142 valence electrons. The molecule has 2 amide bonds. The maximum absolute atomic E-state index is 12.9. The van der Waals surface area contributed by atoms with Crippen molar-refractivity contribution in [3.8, 4) is 0 Å². The lowest BCUT2D eigenvalue weighted by Gasteiger charge is -2.22. The van der Waals surface area contributed by atoms with Crippen molar-refractivity contribution in [2.45, 2.75) is 38.4 Å². The molecule has 0 saturated carbocycles. The molecule has 2 aromatic rings. The van der Waals surface area contributed by atoms with Crippen LogP contribution in [0.5, 0.6) is 0 Å². The van der Waals surface area contributed by atoms with Gasteiger partial charge in [0.15, 0.2) is 0 Å². The molecule has 2 aromatic carbocycles. The van der Waals surface area contributed by atoms with Crippen molar-refractivity contribution < 1.29 is 22.8 Å². The molecule has 1 unspecified atom stereocenters. The molecule has 1 aliphatic heterocycles. The average molecular weight is 440 g/mol. The second-order valence-electron chi connectivity index (χ2n) is 6.61. The number of halogens is 4. The minimum atomic E-state index is -4.40. The van der Waals surface area contributed by atoms with Crippen molar-refractivity contribution in [2.24, 2.45) is 0 Å². The van der Waals surface area contributed by atoms with E-state index in [1.807, 2.05) is 0 Å². The van der Waals surface area contributed by atoms with Gasteiger partial charge in [-0.25, -0.2) is 0 Å². The van der Waals surface area contributed by atoms with Crippen molar-refractivity contribution in [1.82, 2.24) is 4.90 Å². The predicted molar refractivity (Wildman–Crippen MR) is 98.5 cm³/mol. The Hall–Kier alpha value is -2.15. The van der Waals surface area contributed by atoms with Crippen LogP contribution in [0.1, 0.15) is 51.6 Å². The number of alkyl halides is 3. The van der Waals surface area contributed by atoms with Crippen LogP contribution < -0.4 is 0 Å². The molecular formula is C20H17BrF3NO2. The first-order valence-electron chi connectivity index (χ1n) is 8.52. The first-order valence-corrected chi connectivity index (χ1v) is 9.31. The van der Waals surface area contributed by atoms with Crippen LogP contribution in [0.4, 0.5) is 13.2 Å². The Morgan fingerprint density at radius 1 is 1.04 bits per heavy atom. The molecule has 0 saturated heterocycles. The molecule has 3 nitrogen and oxygen atoms in total. The first-order chi connectivity index (χ1) is 12.7. The zero-order chi connectivity index (χ0) is 19.8. The minimum absolute atomic E-state index is 0.315. The fourth-order valence-electron chi connectivity index (χ4n) is 3.30. The van der Waals surface area contributed by atoms with E-state index in [2.05, 4.69) is 15.9 Å². The second kappa shape index (κ2) is 7.46. The van der Waals surface area contributed by atoms with Gasteiger partial charge in [0.2, 0.25) is 0 Å². The lowest BCUT2D eigenvalue weighted by molar-refractivity contribution is -0.137. The summed E-state index contributed by atoms with van der Waals surface area (Å²) in [5.41, 5.74) is 0.666. The lowest BCUT2D eigenvalue weighted by Crippen LogP contribution is -2.38. The number of hydrogen-bond donors (Lipinski definition) is 0. The number of hydrogen-bond acceptors (Lipinski definition) is 2. The Balaban J connectivity index is 1.64. The summed E-state index contributed by atoms with van der Waals surface area (Å²) >= 11 is 3.11. The van der Waals surface area contributed by atoms with E-state index < -0.39 is 11.7 Å². The molecular weight excluding hydrogens is 423 g/mol. The Labute approximate surface area is 163 Å². The molecule has 1 aliphatic rings. The highest BCUT2D eigenvalue weighted by Crippen LogP contribution is 2.32. The largest absolute Gasteiger partial charge is 0.416 e. The van der Waals surface area contributed by atoms with E-state index in [1.165, 1.54) is 4.90 Å². The summed E-state index contributed by atoms with van der Waals surface area (Å²) in [6, 6.07) is 10.2. The van der Waals surface area contributed by atoms with Crippen molar-refractivity contribution in [3.63, 3.8) is 0 Å². The first kappa shape index (κ1) is 19.6. The highest BCUT2D eigenvalue weighted by atomic mass is 79.9. The SMILES string of the molecule is CC(CCCc1cc(Br)cc(C(F)(F)F)c1)N1C(=O)c2ccccc2C1=O. The standard InChI is InChI=1S/C20H17BrF3NO2/c1-12(25-18(26)16-7-2-3-8-17(16)19(25)27)5-4-6-13-9-14(20(22,23)24)11-15(21)10-13/h2-3,7-12H,4-6H2,1H3. The minimum Gasteiger partial charge on any atom is -0.272 e. The van der Waals surface area contributed by atoms with Crippen LogP contribution in [0.25, 0.3) is 0 Å². The number of nitrogens with zero attached hydrogens (tertiary/aromatic N) is 1. The number of imide groups is 1. The van der Waals surface area contributed by atoms with Gasteiger partial charge in [-0.15, -0.1) is 0 Å². The summed E-state index contributed by atoms with van der Waals surface area (Å²) < 4.78 is 39.1. The van der Waals surface area contributed by atoms with E-state index in [1.54, 1.807) is 37.3 Å². The number of fused-ring (bicyclic) bond motifs is 1. The van der Waals surface area contributed by atoms with E-state index in [0.29, 0.717) is 40.4 Å². The number of carbonyl (C=O) groups is 2. The van der Waals surface area contributed by atoms with Crippen LogP contribution in [-0.4, -0.2) is 22.8 Å². The number of aryl methyl sites for hydroxylation is 1. The smallest absolute Gasteiger partial charge is 0.272 e. The molecule has 0 bridgehead atoms. The van der Waals surface area contributed by atoms with Crippen molar-refractivity contribution in [2.75, 3.05) is 0 Å². The molecule has 27 heavy (non-hydrogen) atoms. The molecule has 0 aromatic heterocycles. The topological polar surface area (TPSA) is 37.4 Å². The fraction of sp³-hybridized carbons (Fsp3) is 0.300. The number of benzene rings is 2. The van der Waals surface area contributed by atoms with Crippen LogP contribution in [-0.2, 0) is 12.6 Å². The normalized spacial score (nSPS) is 15.2. The van der Waals surface area contributed by atoms with E-state index in [4.69, 9.17) is 0 Å². The summed E-state index contributed by atoms with van der Waals surface area (Å²) in [5.74, 6) is -0.630. The van der Waals surface area contributed by atoms with Gasteiger partial charge in [-0.05, 0) is 62.1 Å². The molecule has 0 aliphatic carbocycles. The summed E-state index contributed by atoms with van der Waals surface area (Å²) in [5, 5.41) is 0. The zero-order valence-corrected chi connectivity index (χ0v) is 16.1. The van der Waals surface area contributed by atoms with E-state index in [0.717, 1.165) is 12.1 Å². The third kappa shape index (κ3) is 4.08. The highest BCUT2D eigenvalue weighted by molar-refractivity contribution is 9.10. The quantitative estimate of drug-likeness (QED) is 0.578. The van der Waals surface area contributed by atoms with Crippen molar-refractivity contribution in [3.05, 3.63) is 69.2 Å². The number of carbonyl (C=O) groups excluding carboxylic acids is 2. The van der Waals surface area contributed by atoms with Crippen LogP contribution in [0.15, 0.2) is 46.9 Å². The number of rotatable bonds is 5. The molecule has 0 radical (unpaired) electrons. The van der Waals surface area contributed by atoms with Gasteiger partial charge >= 0.3 is 6.18 Å². The van der Waals surface area contributed by atoms with Crippen molar-refractivity contribution >= 4 is 27.7 Å². The van der Waals surface area contributed by atoms with Gasteiger partial charge in [0.1, 0.15) is 0 Å². The maximum Gasteiger partial charge on any atom is 0.416 e. The van der Waals surface area contributed by atoms with E-state index in [-0.39, 0.29) is 17.9 Å². The Morgan fingerprint density at radius 2 is 1.63 bits per heavy atom. The second-order valence-corrected chi connectivity index (χ2v) is 7.53. The molecule has 1 atom stereocenters. The van der Waals surface area contributed by atoms with Crippen LogP contribution in [0.3, 0.4) is 0 Å². The summed E-state index contributed by atoms with van der Waals surface area (Å²) in [7, 11) is 0. The van der Waals surface area contributed by atoms with Crippen LogP contribution in [0.2, 0.25) is 0 Å². The van der Waals surface area contributed by atoms with Gasteiger partial charge in [0.25, 0.3) is 11.8 Å². The van der Waals surface area contributed by atoms with Gasteiger partial charge in [0.05, 0.1) is 16.7 Å². The summed E-state index contributed by atoms with van der Waals surface area (Å²) in [4.78, 5) is 26.2.